The first-order valence-electron chi connectivity index (χ1n) is 9.26. The lowest BCUT2D eigenvalue weighted by Crippen LogP contribution is -2.31. The van der Waals surface area contributed by atoms with E-state index in [9.17, 15) is 19.2 Å². The second-order valence-electron chi connectivity index (χ2n) is 6.86. The van der Waals surface area contributed by atoms with E-state index < -0.39 is 18.0 Å². The van der Waals surface area contributed by atoms with Crippen LogP contribution in [0.3, 0.4) is 0 Å². The maximum absolute atomic E-state index is 13.0. The Morgan fingerprint density at radius 1 is 0.933 bits per heavy atom. The van der Waals surface area contributed by atoms with Gasteiger partial charge in [0, 0.05) is 16.7 Å². The van der Waals surface area contributed by atoms with E-state index >= 15 is 0 Å². The first-order chi connectivity index (χ1) is 14.4. The van der Waals surface area contributed by atoms with Gasteiger partial charge in [-0.15, -0.1) is 0 Å². The van der Waals surface area contributed by atoms with Gasteiger partial charge in [0.05, 0.1) is 17.5 Å². The molecule has 1 aliphatic rings. The van der Waals surface area contributed by atoms with Crippen LogP contribution in [0.4, 0.5) is 5.69 Å². The molecule has 0 bridgehead atoms. The van der Waals surface area contributed by atoms with Crippen molar-refractivity contribution < 1.29 is 28.3 Å². The predicted octanol–water partition coefficient (Wildman–Crippen LogP) is 3.55. The van der Waals surface area contributed by atoms with Crippen LogP contribution in [-0.2, 0) is 9.53 Å². The Bertz CT molecular complexity index is 1210. The average Bonchev–Trinajstić information content (AvgIpc) is 3.18. The maximum Gasteiger partial charge on any atom is 0.342 e. The molecular weight excluding hydrogens is 386 g/mol. The van der Waals surface area contributed by atoms with Crippen LogP contribution in [0.15, 0.2) is 59.2 Å². The number of fused-ring (bicyclic) bond motifs is 2. The highest BCUT2D eigenvalue weighted by atomic mass is 16.5. The summed E-state index contributed by atoms with van der Waals surface area (Å²) in [5.41, 5.74) is 1.37. The fourth-order valence-electron chi connectivity index (χ4n) is 3.36. The van der Waals surface area contributed by atoms with Gasteiger partial charge >= 0.3 is 5.97 Å². The Morgan fingerprint density at radius 2 is 1.60 bits per heavy atom. The molecule has 3 aromatic rings. The van der Waals surface area contributed by atoms with E-state index in [1.54, 1.807) is 43.3 Å². The van der Waals surface area contributed by atoms with Gasteiger partial charge in [0.25, 0.3) is 5.91 Å². The van der Waals surface area contributed by atoms with Crippen LogP contribution < -0.4 is 5.32 Å². The Balaban J connectivity index is 1.58. The van der Waals surface area contributed by atoms with Crippen molar-refractivity contribution in [1.29, 1.82) is 0 Å². The summed E-state index contributed by atoms with van der Waals surface area (Å²) in [7, 11) is 0. The molecule has 30 heavy (non-hydrogen) atoms. The standard InChI is InChI=1S/C23H17NO6/c1-12-14(10-11-29-12)23(28)30-13(2)22(27)24-18-9-5-8-17-19(18)21(26)16-7-4-3-6-15(16)20(17)25/h3-11,13H,1-2H3,(H,24,27). The minimum Gasteiger partial charge on any atom is -0.469 e. The summed E-state index contributed by atoms with van der Waals surface area (Å²) in [5.74, 6) is -1.58. The lowest BCUT2D eigenvalue weighted by molar-refractivity contribution is -0.123. The third kappa shape index (κ3) is 3.20. The van der Waals surface area contributed by atoms with Crippen molar-refractivity contribution in [3.05, 3.63) is 88.4 Å². The van der Waals surface area contributed by atoms with E-state index in [1.165, 1.54) is 25.3 Å². The molecular formula is C23H17NO6. The highest BCUT2D eigenvalue weighted by molar-refractivity contribution is 6.30. The van der Waals surface area contributed by atoms with E-state index in [2.05, 4.69) is 5.32 Å². The number of esters is 1. The summed E-state index contributed by atoms with van der Waals surface area (Å²) >= 11 is 0. The van der Waals surface area contributed by atoms with E-state index in [4.69, 9.17) is 9.15 Å². The van der Waals surface area contributed by atoms with Gasteiger partial charge in [-0.05, 0) is 26.0 Å². The zero-order valence-electron chi connectivity index (χ0n) is 16.2. The van der Waals surface area contributed by atoms with Gasteiger partial charge in [-0.25, -0.2) is 4.79 Å². The molecule has 7 nitrogen and oxygen atoms in total. The molecule has 0 spiro atoms. The summed E-state index contributed by atoms with van der Waals surface area (Å²) in [6.07, 6.45) is 0.220. The van der Waals surface area contributed by atoms with E-state index in [1.807, 2.05) is 0 Å². The normalized spacial score (nSPS) is 13.3. The van der Waals surface area contributed by atoms with Crippen molar-refractivity contribution in [2.24, 2.45) is 0 Å². The molecule has 1 aliphatic carbocycles. The van der Waals surface area contributed by atoms with E-state index in [-0.39, 0.29) is 39.5 Å². The Labute approximate surface area is 171 Å². The van der Waals surface area contributed by atoms with Crippen LogP contribution in [-0.4, -0.2) is 29.5 Å². The lowest BCUT2D eigenvalue weighted by atomic mass is 9.83. The molecule has 1 unspecified atom stereocenters. The molecule has 1 atom stereocenters. The van der Waals surface area contributed by atoms with Crippen molar-refractivity contribution in [2.45, 2.75) is 20.0 Å². The zero-order chi connectivity index (χ0) is 21.4. The number of hydrogen-bond donors (Lipinski definition) is 1. The Hall–Kier alpha value is -4.00. The molecule has 1 heterocycles. The first kappa shape index (κ1) is 19.3. The molecule has 0 radical (unpaired) electrons. The number of anilines is 1. The van der Waals surface area contributed by atoms with Gasteiger partial charge in [-0.1, -0.05) is 36.4 Å². The molecule has 1 amide bonds. The second kappa shape index (κ2) is 7.44. The van der Waals surface area contributed by atoms with Gasteiger partial charge in [0.2, 0.25) is 0 Å². The van der Waals surface area contributed by atoms with Crippen molar-refractivity contribution in [3.63, 3.8) is 0 Å². The number of nitrogens with one attached hydrogen (secondary N) is 1. The molecule has 0 saturated heterocycles. The molecule has 0 aliphatic heterocycles. The molecule has 0 fully saturated rings. The minimum atomic E-state index is -1.13. The number of carbonyl (C=O) groups is 4. The van der Waals surface area contributed by atoms with Crippen molar-refractivity contribution in [3.8, 4) is 0 Å². The van der Waals surface area contributed by atoms with Gasteiger partial charge in [-0.3, -0.25) is 14.4 Å². The van der Waals surface area contributed by atoms with Crippen molar-refractivity contribution >= 4 is 29.1 Å². The fourth-order valence-corrected chi connectivity index (χ4v) is 3.36. The molecule has 2 aromatic carbocycles. The van der Waals surface area contributed by atoms with Gasteiger partial charge < -0.3 is 14.5 Å². The Kier molecular flexibility index (Phi) is 4.79. The number of furan rings is 1. The minimum absolute atomic E-state index is 0.124. The molecule has 0 saturated carbocycles. The van der Waals surface area contributed by atoms with Crippen molar-refractivity contribution in [1.82, 2.24) is 0 Å². The van der Waals surface area contributed by atoms with Gasteiger partial charge in [-0.2, -0.15) is 0 Å². The summed E-state index contributed by atoms with van der Waals surface area (Å²) in [6, 6.07) is 12.7. The van der Waals surface area contributed by atoms with Crippen LogP contribution in [0.25, 0.3) is 0 Å². The molecule has 150 valence electrons. The van der Waals surface area contributed by atoms with E-state index in [0.29, 0.717) is 11.3 Å². The SMILES string of the molecule is Cc1occc1C(=O)OC(C)C(=O)Nc1cccc2c1C(=O)c1ccccc1C2=O. The first-order valence-corrected chi connectivity index (χ1v) is 9.26. The summed E-state index contributed by atoms with van der Waals surface area (Å²) in [5, 5.41) is 2.60. The third-order valence-electron chi connectivity index (χ3n) is 4.94. The van der Waals surface area contributed by atoms with Gasteiger partial charge in [0.15, 0.2) is 17.7 Å². The highest BCUT2D eigenvalue weighted by Crippen LogP contribution is 2.32. The predicted molar refractivity (Wildman–Crippen MR) is 107 cm³/mol. The number of amides is 1. The molecule has 7 heteroatoms. The summed E-state index contributed by atoms with van der Waals surface area (Å²) < 4.78 is 10.3. The highest BCUT2D eigenvalue weighted by Gasteiger charge is 2.32. The number of benzene rings is 2. The average molecular weight is 403 g/mol. The number of aryl methyl sites for hydroxylation is 1. The zero-order valence-corrected chi connectivity index (χ0v) is 16.2. The number of hydrogen-bond acceptors (Lipinski definition) is 6. The van der Waals surface area contributed by atoms with Crippen LogP contribution in [0.5, 0.6) is 0 Å². The largest absolute Gasteiger partial charge is 0.469 e. The lowest BCUT2D eigenvalue weighted by Gasteiger charge is -2.21. The fraction of sp³-hybridized carbons (Fsp3) is 0.130. The monoisotopic (exact) mass is 403 g/mol. The van der Waals surface area contributed by atoms with Crippen LogP contribution >= 0.6 is 0 Å². The molecule has 1 N–H and O–H groups in total. The molecule has 4 rings (SSSR count). The van der Waals surface area contributed by atoms with E-state index in [0.717, 1.165) is 0 Å². The van der Waals surface area contributed by atoms with Crippen LogP contribution in [0.1, 0.15) is 54.9 Å². The van der Waals surface area contributed by atoms with Crippen molar-refractivity contribution in [2.75, 3.05) is 5.32 Å². The van der Waals surface area contributed by atoms with Crippen LogP contribution in [0, 0.1) is 6.92 Å². The van der Waals surface area contributed by atoms with Gasteiger partial charge in [0.1, 0.15) is 11.3 Å². The second-order valence-corrected chi connectivity index (χ2v) is 6.86. The number of rotatable bonds is 4. The number of carbonyl (C=O) groups excluding carboxylic acids is 4. The smallest absolute Gasteiger partial charge is 0.342 e. The Morgan fingerprint density at radius 3 is 2.27 bits per heavy atom. The van der Waals surface area contributed by atoms with Crippen LogP contribution in [0.2, 0.25) is 0 Å². The summed E-state index contributed by atoms with van der Waals surface area (Å²) in [4.78, 5) is 50.6. The number of ether oxygens (including phenoxy) is 1. The quantitative estimate of drug-likeness (QED) is 0.523. The molecule has 1 aromatic heterocycles. The maximum atomic E-state index is 13.0. The third-order valence-corrected chi connectivity index (χ3v) is 4.94. The topological polar surface area (TPSA) is 103 Å². The number of ketones is 2. The summed E-state index contributed by atoms with van der Waals surface area (Å²) in [6.45, 7) is 3.03.